The van der Waals surface area contributed by atoms with Gasteiger partial charge in [0.1, 0.15) is 5.01 Å². The van der Waals surface area contributed by atoms with Crippen molar-refractivity contribution >= 4 is 27.5 Å². The molecule has 1 aliphatic rings. The van der Waals surface area contributed by atoms with Gasteiger partial charge in [-0.2, -0.15) is 4.37 Å². The second-order valence-electron chi connectivity index (χ2n) is 2.72. The molecule has 1 fully saturated rings. The molecule has 0 aromatic carbocycles. The molecule has 2 nitrogen and oxygen atoms in total. The zero-order valence-corrected chi connectivity index (χ0v) is 7.94. The molecule has 0 bridgehead atoms. The number of nitrogens with zero attached hydrogens (tertiary/aromatic N) is 2. The number of hydrogen-bond donors (Lipinski definition) is 0. The average molecular weight is 219 g/mol. The minimum absolute atomic E-state index is 0.712. The van der Waals surface area contributed by atoms with Crippen LogP contribution in [-0.2, 0) is 0 Å². The molecule has 1 aromatic heterocycles. The van der Waals surface area contributed by atoms with Gasteiger partial charge in [0.2, 0.25) is 4.73 Å². The maximum atomic E-state index is 4.25. The molecule has 1 aromatic rings. The highest BCUT2D eigenvalue weighted by molar-refractivity contribution is 9.10. The molecule has 1 saturated carbocycles. The molecule has 0 aliphatic heterocycles. The number of hydrogen-bond acceptors (Lipinski definition) is 3. The minimum Gasteiger partial charge on any atom is -0.214 e. The Labute approximate surface area is 72.0 Å². The quantitative estimate of drug-likeness (QED) is 0.724. The van der Waals surface area contributed by atoms with E-state index in [4.69, 9.17) is 0 Å². The van der Waals surface area contributed by atoms with E-state index in [9.17, 15) is 0 Å². The van der Waals surface area contributed by atoms with Crippen LogP contribution in [0.4, 0.5) is 0 Å². The zero-order valence-electron chi connectivity index (χ0n) is 5.54. The van der Waals surface area contributed by atoms with Gasteiger partial charge in [-0.05, 0) is 39.8 Å². The van der Waals surface area contributed by atoms with Crippen molar-refractivity contribution in [2.24, 2.45) is 5.92 Å². The molecule has 2 rings (SSSR count). The van der Waals surface area contributed by atoms with E-state index in [0.717, 1.165) is 10.7 Å². The Morgan fingerprint density at radius 3 is 2.80 bits per heavy atom. The fourth-order valence-electron chi connectivity index (χ4n) is 1.03. The standard InChI is InChI=1S/C6H7BrN2S/c1-3-2-4(3)5-8-6(7)9-10-5/h3-4H,2H2,1H3. The van der Waals surface area contributed by atoms with E-state index in [1.54, 1.807) is 0 Å². The molecular formula is C6H7BrN2S. The lowest BCUT2D eigenvalue weighted by Gasteiger charge is -1.83. The van der Waals surface area contributed by atoms with E-state index >= 15 is 0 Å². The van der Waals surface area contributed by atoms with Gasteiger partial charge in [-0.3, -0.25) is 0 Å². The monoisotopic (exact) mass is 218 g/mol. The van der Waals surface area contributed by atoms with Crippen LogP contribution in [0.25, 0.3) is 0 Å². The van der Waals surface area contributed by atoms with E-state index in [0.29, 0.717) is 5.92 Å². The second-order valence-corrected chi connectivity index (χ2v) is 4.21. The van der Waals surface area contributed by atoms with Crippen LogP contribution in [-0.4, -0.2) is 9.36 Å². The van der Waals surface area contributed by atoms with E-state index in [2.05, 4.69) is 32.2 Å². The highest BCUT2D eigenvalue weighted by Gasteiger charge is 2.36. The van der Waals surface area contributed by atoms with E-state index < -0.39 is 0 Å². The molecule has 10 heavy (non-hydrogen) atoms. The molecule has 4 heteroatoms. The molecule has 0 spiro atoms. The lowest BCUT2D eigenvalue weighted by atomic mass is 10.4. The molecule has 2 atom stereocenters. The number of aromatic nitrogens is 2. The van der Waals surface area contributed by atoms with Gasteiger partial charge in [-0.15, -0.1) is 0 Å². The van der Waals surface area contributed by atoms with Gasteiger partial charge in [0.15, 0.2) is 0 Å². The van der Waals surface area contributed by atoms with Crippen LogP contribution in [0, 0.1) is 5.92 Å². The Bertz CT molecular complexity index is 248. The van der Waals surface area contributed by atoms with Crippen molar-refractivity contribution < 1.29 is 0 Å². The van der Waals surface area contributed by atoms with Crippen molar-refractivity contribution in [2.45, 2.75) is 19.3 Å². The molecule has 0 saturated heterocycles. The maximum absolute atomic E-state index is 4.25. The predicted molar refractivity (Wildman–Crippen MR) is 44.1 cm³/mol. The molecular weight excluding hydrogens is 212 g/mol. The lowest BCUT2D eigenvalue weighted by Crippen LogP contribution is -1.76. The van der Waals surface area contributed by atoms with E-state index in [-0.39, 0.29) is 0 Å². The molecule has 1 aliphatic carbocycles. The van der Waals surface area contributed by atoms with Gasteiger partial charge < -0.3 is 0 Å². The summed E-state index contributed by atoms with van der Waals surface area (Å²) >= 11 is 4.75. The summed E-state index contributed by atoms with van der Waals surface area (Å²) in [4.78, 5) is 4.25. The Kier molecular flexibility index (Phi) is 1.53. The van der Waals surface area contributed by atoms with Gasteiger partial charge in [0.25, 0.3) is 0 Å². The molecule has 0 amide bonds. The summed E-state index contributed by atoms with van der Waals surface area (Å²) in [6, 6.07) is 0. The van der Waals surface area contributed by atoms with Gasteiger partial charge in [-0.25, -0.2) is 4.98 Å². The fourth-order valence-corrected chi connectivity index (χ4v) is 2.36. The predicted octanol–water partition coefficient (Wildman–Crippen LogP) is 2.42. The maximum Gasteiger partial charge on any atom is 0.209 e. The first kappa shape index (κ1) is 6.73. The summed E-state index contributed by atoms with van der Waals surface area (Å²) in [5, 5.41) is 1.19. The van der Waals surface area contributed by atoms with Gasteiger partial charge >= 0.3 is 0 Å². The molecule has 2 unspecified atom stereocenters. The first-order chi connectivity index (χ1) is 4.77. The van der Waals surface area contributed by atoms with Crippen molar-refractivity contribution in [2.75, 3.05) is 0 Å². The lowest BCUT2D eigenvalue weighted by molar-refractivity contribution is 0.902. The zero-order chi connectivity index (χ0) is 7.14. The smallest absolute Gasteiger partial charge is 0.209 e. The van der Waals surface area contributed by atoms with Crippen molar-refractivity contribution in [1.29, 1.82) is 0 Å². The first-order valence-corrected chi connectivity index (χ1v) is 4.83. The van der Waals surface area contributed by atoms with Gasteiger partial charge in [-0.1, -0.05) is 6.92 Å². The van der Waals surface area contributed by atoms with Crippen molar-refractivity contribution in [3.8, 4) is 0 Å². The summed E-state index contributed by atoms with van der Waals surface area (Å²) in [7, 11) is 0. The van der Waals surface area contributed by atoms with Gasteiger partial charge in [0, 0.05) is 5.92 Å². The topological polar surface area (TPSA) is 25.8 Å². The summed E-state index contributed by atoms with van der Waals surface area (Å²) in [6.45, 7) is 2.25. The van der Waals surface area contributed by atoms with Crippen LogP contribution in [0.3, 0.4) is 0 Å². The normalized spacial score (nSPS) is 30.6. The van der Waals surface area contributed by atoms with Crippen LogP contribution in [0.2, 0.25) is 0 Å². The van der Waals surface area contributed by atoms with E-state index in [1.165, 1.54) is 23.0 Å². The second kappa shape index (κ2) is 2.27. The Hall–Kier alpha value is 0.0400. The van der Waals surface area contributed by atoms with Crippen LogP contribution in [0.5, 0.6) is 0 Å². The average Bonchev–Trinajstić information content (AvgIpc) is 2.42. The molecule has 54 valence electrons. The third-order valence-electron chi connectivity index (χ3n) is 1.84. The Morgan fingerprint density at radius 1 is 1.70 bits per heavy atom. The largest absolute Gasteiger partial charge is 0.214 e. The summed E-state index contributed by atoms with van der Waals surface area (Å²) < 4.78 is 4.80. The van der Waals surface area contributed by atoms with Crippen molar-refractivity contribution in [3.63, 3.8) is 0 Å². The van der Waals surface area contributed by atoms with Crippen LogP contribution in [0.15, 0.2) is 4.73 Å². The van der Waals surface area contributed by atoms with Crippen LogP contribution >= 0.6 is 27.5 Å². The van der Waals surface area contributed by atoms with E-state index in [1.807, 2.05) is 0 Å². The van der Waals surface area contributed by atoms with Crippen LogP contribution < -0.4 is 0 Å². The summed E-state index contributed by atoms with van der Waals surface area (Å²) in [6.07, 6.45) is 1.29. The summed E-state index contributed by atoms with van der Waals surface area (Å²) in [5.41, 5.74) is 0. The highest BCUT2D eigenvalue weighted by atomic mass is 79.9. The highest BCUT2D eigenvalue weighted by Crippen LogP contribution is 2.47. The Balaban J connectivity index is 2.20. The molecule has 0 N–H and O–H groups in total. The summed E-state index contributed by atoms with van der Waals surface area (Å²) in [5.74, 6) is 1.55. The molecule has 0 radical (unpaired) electrons. The molecule has 1 heterocycles. The van der Waals surface area contributed by atoms with Gasteiger partial charge in [0.05, 0.1) is 0 Å². The number of halogens is 1. The minimum atomic E-state index is 0.712. The third-order valence-corrected chi connectivity index (χ3v) is 3.28. The third kappa shape index (κ3) is 1.10. The number of rotatable bonds is 1. The van der Waals surface area contributed by atoms with Crippen molar-refractivity contribution in [3.05, 3.63) is 9.74 Å². The van der Waals surface area contributed by atoms with Crippen LogP contribution in [0.1, 0.15) is 24.3 Å². The SMILES string of the molecule is CC1CC1c1nc(Br)ns1. The van der Waals surface area contributed by atoms with Crippen molar-refractivity contribution in [1.82, 2.24) is 9.36 Å². The fraction of sp³-hybridized carbons (Fsp3) is 0.667. The Morgan fingerprint density at radius 2 is 2.40 bits per heavy atom. The first-order valence-electron chi connectivity index (χ1n) is 3.26.